The van der Waals surface area contributed by atoms with Gasteiger partial charge >= 0.3 is 0 Å². The number of hydrogen-bond donors (Lipinski definition) is 2. The zero-order valence-corrected chi connectivity index (χ0v) is 11.1. The molecule has 0 heterocycles. The van der Waals surface area contributed by atoms with Gasteiger partial charge < -0.3 is 15.7 Å². The molecule has 18 heavy (non-hydrogen) atoms. The molecule has 1 unspecified atom stereocenters. The topological polar surface area (TPSA) is 66.6 Å². The number of amides is 1. The van der Waals surface area contributed by atoms with Crippen molar-refractivity contribution in [2.24, 2.45) is 5.73 Å². The van der Waals surface area contributed by atoms with Gasteiger partial charge in [-0.05, 0) is 19.4 Å². The van der Waals surface area contributed by atoms with Crippen LogP contribution in [0.3, 0.4) is 0 Å². The normalized spacial score (nSPS) is 12.2. The number of carbonyl (C=O) groups excluding carboxylic acids is 1. The Labute approximate surface area is 108 Å². The van der Waals surface area contributed by atoms with Gasteiger partial charge in [-0.2, -0.15) is 0 Å². The van der Waals surface area contributed by atoms with E-state index < -0.39 is 6.10 Å². The van der Waals surface area contributed by atoms with Crippen molar-refractivity contribution in [3.63, 3.8) is 0 Å². The summed E-state index contributed by atoms with van der Waals surface area (Å²) < 4.78 is 0. The molecule has 0 aliphatic heterocycles. The minimum Gasteiger partial charge on any atom is -0.389 e. The summed E-state index contributed by atoms with van der Waals surface area (Å²) in [6.45, 7) is 4.77. The van der Waals surface area contributed by atoms with Crippen LogP contribution in [0.2, 0.25) is 0 Å². The van der Waals surface area contributed by atoms with Gasteiger partial charge in [0.15, 0.2) is 0 Å². The standard InChI is InChI=1S/C14H22N2O2/c1-3-4-9-16(10-14(15)18)13-8-6-5-7-12(13)11(2)17/h5-8,11,17H,3-4,9-10H2,1-2H3,(H2,15,18). The molecule has 4 nitrogen and oxygen atoms in total. The fourth-order valence-corrected chi connectivity index (χ4v) is 1.95. The van der Waals surface area contributed by atoms with E-state index in [1.807, 2.05) is 29.2 Å². The Morgan fingerprint density at radius 2 is 2.11 bits per heavy atom. The molecule has 0 spiro atoms. The quantitative estimate of drug-likeness (QED) is 0.776. The van der Waals surface area contributed by atoms with Crippen LogP contribution in [-0.2, 0) is 4.79 Å². The number of nitrogens with two attached hydrogens (primary N) is 1. The van der Waals surface area contributed by atoms with Gasteiger partial charge in [0.1, 0.15) is 0 Å². The van der Waals surface area contributed by atoms with Gasteiger partial charge in [-0.15, -0.1) is 0 Å². The summed E-state index contributed by atoms with van der Waals surface area (Å²) in [7, 11) is 0. The molecule has 0 radical (unpaired) electrons. The first kappa shape index (κ1) is 14.5. The lowest BCUT2D eigenvalue weighted by Gasteiger charge is -2.26. The number of carbonyl (C=O) groups is 1. The van der Waals surface area contributed by atoms with Crippen LogP contribution in [0, 0.1) is 0 Å². The molecule has 1 aromatic rings. The Hall–Kier alpha value is -1.55. The molecule has 0 aromatic heterocycles. The lowest BCUT2D eigenvalue weighted by molar-refractivity contribution is -0.116. The number of anilines is 1. The minimum absolute atomic E-state index is 0.184. The number of aliphatic hydroxyl groups is 1. The zero-order valence-electron chi connectivity index (χ0n) is 11.1. The Morgan fingerprint density at radius 3 is 2.67 bits per heavy atom. The number of aliphatic hydroxyl groups excluding tert-OH is 1. The van der Waals surface area contributed by atoms with Gasteiger partial charge in [0.05, 0.1) is 12.6 Å². The molecule has 1 rings (SSSR count). The maximum absolute atomic E-state index is 11.1. The SMILES string of the molecule is CCCCN(CC(N)=O)c1ccccc1C(C)O. The summed E-state index contributed by atoms with van der Waals surface area (Å²) in [5.41, 5.74) is 7.00. The first-order valence-corrected chi connectivity index (χ1v) is 6.36. The van der Waals surface area contributed by atoms with Gasteiger partial charge in [-0.1, -0.05) is 31.5 Å². The number of rotatable bonds is 7. The van der Waals surface area contributed by atoms with E-state index in [2.05, 4.69) is 6.92 Å². The average molecular weight is 250 g/mol. The van der Waals surface area contributed by atoms with E-state index in [1.165, 1.54) is 0 Å². The molecular formula is C14H22N2O2. The second-order valence-electron chi connectivity index (χ2n) is 4.48. The van der Waals surface area contributed by atoms with Crippen LogP contribution in [0.15, 0.2) is 24.3 Å². The molecule has 0 saturated carbocycles. The van der Waals surface area contributed by atoms with Crippen LogP contribution in [0.5, 0.6) is 0 Å². The van der Waals surface area contributed by atoms with Crippen LogP contribution in [0.4, 0.5) is 5.69 Å². The van der Waals surface area contributed by atoms with Crippen molar-refractivity contribution in [3.8, 4) is 0 Å². The second-order valence-corrected chi connectivity index (χ2v) is 4.48. The number of nitrogens with zero attached hydrogens (tertiary/aromatic N) is 1. The smallest absolute Gasteiger partial charge is 0.236 e. The first-order valence-electron chi connectivity index (χ1n) is 6.36. The highest BCUT2D eigenvalue weighted by Crippen LogP contribution is 2.26. The van der Waals surface area contributed by atoms with Crippen molar-refractivity contribution in [2.45, 2.75) is 32.8 Å². The van der Waals surface area contributed by atoms with E-state index in [9.17, 15) is 9.90 Å². The van der Waals surface area contributed by atoms with Crippen molar-refractivity contribution >= 4 is 11.6 Å². The third-order valence-corrected chi connectivity index (χ3v) is 2.86. The highest BCUT2D eigenvalue weighted by atomic mass is 16.3. The summed E-state index contributed by atoms with van der Waals surface area (Å²) in [5, 5.41) is 9.77. The van der Waals surface area contributed by atoms with Crippen LogP contribution < -0.4 is 10.6 Å². The molecule has 100 valence electrons. The Bertz CT molecular complexity index is 391. The molecule has 0 aliphatic rings. The van der Waals surface area contributed by atoms with Crippen molar-refractivity contribution in [3.05, 3.63) is 29.8 Å². The molecular weight excluding hydrogens is 228 g/mol. The molecule has 0 aliphatic carbocycles. The molecule has 0 fully saturated rings. The molecule has 3 N–H and O–H groups in total. The Morgan fingerprint density at radius 1 is 1.44 bits per heavy atom. The van der Waals surface area contributed by atoms with Gasteiger partial charge in [0, 0.05) is 17.8 Å². The summed E-state index contributed by atoms with van der Waals surface area (Å²) in [6.07, 6.45) is 1.48. The highest BCUT2D eigenvalue weighted by Gasteiger charge is 2.15. The van der Waals surface area contributed by atoms with Gasteiger partial charge in [0.2, 0.25) is 5.91 Å². The summed E-state index contributed by atoms with van der Waals surface area (Å²) in [6, 6.07) is 7.58. The molecule has 1 amide bonds. The van der Waals surface area contributed by atoms with Crippen LogP contribution in [0.1, 0.15) is 38.4 Å². The van der Waals surface area contributed by atoms with E-state index in [0.29, 0.717) is 0 Å². The second kappa shape index (κ2) is 7.01. The van der Waals surface area contributed by atoms with Crippen LogP contribution in [0.25, 0.3) is 0 Å². The van der Waals surface area contributed by atoms with Crippen molar-refractivity contribution in [2.75, 3.05) is 18.0 Å². The number of unbranched alkanes of at least 4 members (excludes halogenated alkanes) is 1. The zero-order chi connectivity index (χ0) is 13.5. The monoisotopic (exact) mass is 250 g/mol. The summed E-state index contributed by atoms with van der Waals surface area (Å²) in [5.74, 6) is -0.355. The summed E-state index contributed by atoms with van der Waals surface area (Å²) >= 11 is 0. The predicted molar refractivity (Wildman–Crippen MR) is 73.4 cm³/mol. The van der Waals surface area contributed by atoms with Gasteiger partial charge in [-0.25, -0.2) is 0 Å². The molecule has 0 saturated heterocycles. The van der Waals surface area contributed by atoms with Crippen LogP contribution in [-0.4, -0.2) is 24.1 Å². The van der Waals surface area contributed by atoms with Crippen LogP contribution >= 0.6 is 0 Å². The molecule has 4 heteroatoms. The Kier molecular flexibility index (Phi) is 5.65. The third kappa shape index (κ3) is 4.04. The largest absolute Gasteiger partial charge is 0.389 e. The predicted octanol–water partition coefficient (Wildman–Crippen LogP) is 1.83. The fraction of sp³-hybridized carbons (Fsp3) is 0.500. The Balaban J connectivity index is 2.99. The van der Waals surface area contributed by atoms with E-state index in [-0.39, 0.29) is 12.5 Å². The average Bonchev–Trinajstić information content (AvgIpc) is 2.34. The lowest BCUT2D eigenvalue weighted by Crippen LogP contribution is -2.35. The third-order valence-electron chi connectivity index (χ3n) is 2.86. The summed E-state index contributed by atoms with van der Waals surface area (Å²) in [4.78, 5) is 13.1. The van der Waals surface area contributed by atoms with Gasteiger partial charge in [-0.3, -0.25) is 4.79 Å². The van der Waals surface area contributed by atoms with E-state index in [4.69, 9.17) is 5.73 Å². The minimum atomic E-state index is -0.557. The maximum atomic E-state index is 11.1. The lowest BCUT2D eigenvalue weighted by atomic mass is 10.1. The molecule has 0 bridgehead atoms. The maximum Gasteiger partial charge on any atom is 0.236 e. The van der Waals surface area contributed by atoms with E-state index in [1.54, 1.807) is 6.92 Å². The van der Waals surface area contributed by atoms with Crippen molar-refractivity contribution in [1.29, 1.82) is 0 Å². The van der Waals surface area contributed by atoms with E-state index >= 15 is 0 Å². The van der Waals surface area contributed by atoms with E-state index in [0.717, 1.165) is 30.6 Å². The molecule has 1 atom stereocenters. The number of benzene rings is 1. The highest BCUT2D eigenvalue weighted by molar-refractivity contribution is 5.80. The number of para-hydroxylation sites is 1. The van der Waals surface area contributed by atoms with Gasteiger partial charge in [0.25, 0.3) is 0 Å². The fourth-order valence-electron chi connectivity index (χ4n) is 1.95. The number of hydrogen-bond acceptors (Lipinski definition) is 3. The number of primary amides is 1. The first-order chi connectivity index (χ1) is 8.56. The van der Waals surface area contributed by atoms with Crippen molar-refractivity contribution < 1.29 is 9.90 Å². The molecule has 1 aromatic carbocycles. The van der Waals surface area contributed by atoms with Crippen molar-refractivity contribution in [1.82, 2.24) is 0 Å².